The third-order valence-electron chi connectivity index (χ3n) is 4.85. The molecule has 2 aromatic carbocycles. The number of fused-ring (bicyclic) bond motifs is 1. The van der Waals surface area contributed by atoms with E-state index >= 15 is 0 Å². The van der Waals surface area contributed by atoms with Crippen molar-refractivity contribution in [3.05, 3.63) is 80.7 Å². The van der Waals surface area contributed by atoms with Gasteiger partial charge in [-0.25, -0.2) is 4.98 Å². The van der Waals surface area contributed by atoms with Crippen molar-refractivity contribution in [2.24, 2.45) is 0 Å². The number of aromatic amines is 1. The Bertz CT molecular complexity index is 1020. The van der Waals surface area contributed by atoms with Crippen LogP contribution in [0.2, 0.25) is 5.02 Å². The Kier molecular flexibility index (Phi) is 5.34. The Hall–Kier alpha value is -2.08. The standard InChI is InChI=1S/C21H20ClN3OS/c1-27-19-5-3-2-4-15(19)12-25-11-10-18-17(13-25)21(26)24-20(23-18)14-6-8-16(22)9-7-14/h2-9H,10-13H2,1H3,(H,23,24,26). The molecule has 1 aliphatic rings. The van der Waals surface area contributed by atoms with Gasteiger partial charge in [-0.3, -0.25) is 9.69 Å². The summed E-state index contributed by atoms with van der Waals surface area (Å²) in [7, 11) is 0. The van der Waals surface area contributed by atoms with Crippen molar-refractivity contribution >= 4 is 23.4 Å². The number of benzene rings is 2. The van der Waals surface area contributed by atoms with Gasteiger partial charge in [0.05, 0.1) is 11.3 Å². The normalized spacial score (nSPS) is 14.1. The average Bonchev–Trinajstić information content (AvgIpc) is 2.69. The predicted octanol–water partition coefficient (Wildman–Crippen LogP) is 4.37. The molecule has 0 amide bonds. The fourth-order valence-electron chi connectivity index (χ4n) is 3.43. The van der Waals surface area contributed by atoms with Crippen LogP contribution in [0.4, 0.5) is 0 Å². The summed E-state index contributed by atoms with van der Waals surface area (Å²) >= 11 is 7.71. The van der Waals surface area contributed by atoms with Gasteiger partial charge in [-0.2, -0.15) is 0 Å². The summed E-state index contributed by atoms with van der Waals surface area (Å²) in [6, 6.07) is 15.8. The number of thioether (sulfide) groups is 1. The predicted molar refractivity (Wildman–Crippen MR) is 111 cm³/mol. The second-order valence-corrected chi connectivity index (χ2v) is 7.90. The minimum atomic E-state index is -0.0483. The van der Waals surface area contributed by atoms with Crippen molar-refractivity contribution in [2.45, 2.75) is 24.4 Å². The molecule has 0 unspecified atom stereocenters. The van der Waals surface area contributed by atoms with Crippen LogP contribution in [0.25, 0.3) is 11.4 Å². The Morgan fingerprint density at radius 1 is 1.19 bits per heavy atom. The molecule has 1 aliphatic heterocycles. The summed E-state index contributed by atoms with van der Waals surface area (Å²) < 4.78 is 0. The first-order valence-corrected chi connectivity index (χ1v) is 10.5. The second-order valence-electron chi connectivity index (χ2n) is 6.62. The Balaban J connectivity index is 1.58. The summed E-state index contributed by atoms with van der Waals surface area (Å²) in [4.78, 5) is 24.0. The number of H-pyrrole nitrogens is 1. The van der Waals surface area contributed by atoms with Crippen LogP contribution in [-0.2, 0) is 19.5 Å². The molecule has 4 rings (SSSR count). The lowest BCUT2D eigenvalue weighted by molar-refractivity contribution is 0.240. The first-order chi connectivity index (χ1) is 13.1. The molecule has 6 heteroatoms. The van der Waals surface area contributed by atoms with Crippen molar-refractivity contribution in [2.75, 3.05) is 12.8 Å². The molecule has 3 aromatic rings. The molecule has 4 nitrogen and oxygen atoms in total. The summed E-state index contributed by atoms with van der Waals surface area (Å²) in [5, 5.41) is 0.667. The number of halogens is 1. The zero-order valence-corrected chi connectivity index (χ0v) is 16.6. The van der Waals surface area contributed by atoms with E-state index in [9.17, 15) is 4.79 Å². The zero-order chi connectivity index (χ0) is 18.8. The maximum atomic E-state index is 12.7. The number of hydrogen-bond acceptors (Lipinski definition) is 4. The van der Waals surface area contributed by atoms with E-state index < -0.39 is 0 Å². The SMILES string of the molecule is CSc1ccccc1CN1CCc2nc(-c3ccc(Cl)cc3)[nH]c(=O)c2C1. The van der Waals surface area contributed by atoms with Gasteiger partial charge < -0.3 is 4.98 Å². The van der Waals surface area contributed by atoms with Crippen LogP contribution >= 0.6 is 23.4 Å². The van der Waals surface area contributed by atoms with Gasteiger partial charge in [-0.15, -0.1) is 11.8 Å². The molecule has 1 aromatic heterocycles. The molecule has 0 fully saturated rings. The van der Waals surface area contributed by atoms with Crippen LogP contribution in [0.3, 0.4) is 0 Å². The highest BCUT2D eigenvalue weighted by molar-refractivity contribution is 7.98. The molecule has 1 N–H and O–H groups in total. The molecule has 138 valence electrons. The van der Waals surface area contributed by atoms with Crippen molar-refractivity contribution in [1.82, 2.24) is 14.9 Å². The van der Waals surface area contributed by atoms with E-state index in [1.807, 2.05) is 12.1 Å². The van der Waals surface area contributed by atoms with Gasteiger partial charge >= 0.3 is 0 Å². The first-order valence-electron chi connectivity index (χ1n) is 8.86. The maximum absolute atomic E-state index is 12.7. The van der Waals surface area contributed by atoms with E-state index in [1.54, 1.807) is 23.9 Å². The van der Waals surface area contributed by atoms with Gasteiger partial charge in [-0.1, -0.05) is 29.8 Å². The van der Waals surface area contributed by atoms with Crippen molar-refractivity contribution < 1.29 is 0 Å². The van der Waals surface area contributed by atoms with Crippen LogP contribution in [0.5, 0.6) is 0 Å². The molecule has 0 spiro atoms. The van der Waals surface area contributed by atoms with Crippen LogP contribution in [0, 0.1) is 0 Å². The van der Waals surface area contributed by atoms with Gasteiger partial charge in [0, 0.05) is 41.5 Å². The van der Waals surface area contributed by atoms with Crippen LogP contribution in [0.1, 0.15) is 16.8 Å². The topological polar surface area (TPSA) is 49.0 Å². The smallest absolute Gasteiger partial charge is 0.255 e. The minimum Gasteiger partial charge on any atom is -0.306 e. The highest BCUT2D eigenvalue weighted by Gasteiger charge is 2.22. The lowest BCUT2D eigenvalue weighted by Gasteiger charge is -2.28. The van der Waals surface area contributed by atoms with E-state index in [2.05, 4.69) is 40.4 Å². The molecule has 0 radical (unpaired) electrons. The van der Waals surface area contributed by atoms with E-state index in [1.165, 1.54) is 10.5 Å². The molecule has 0 atom stereocenters. The number of hydrogen-bond donors (Lipinski definition) is 1. The molecule has 2 heterocycles. The van der Waals surface area contributed by atoms with Crippen LogP contribution in [0.15, 0.2) is 58.2 Å². The lowest BCUT2D eigenvalue weighted by atomic mass is 10.1. The molecular formula is C21H20ClN3OS. The number of nitrogens with zero attached hydrogens (tertiary/aromatic N) is 2. The Labute approximate surface area is 167 Å². The Morgan fingerprint density at radius 2 is 1.96 bits per heavy atom. The van der Waals surface area contributed by atoms with Crippen molar-refractivity contribution in [1.29, 1.82) is 0 Å². The molecule has 0 aliphatic carbocycles. The summed E-state index contributed by atoms with van der Waals surface area (Å²) in [5.74, 6) is 0.608. The third kappa shape index (κ3) is 3.95. The highest BCUT2D eigenvalue weighted by Crippen LogP contribution is 2.24. The van der Waals surface area contributed by atoms with Gasteiger partial charge in [0.25, 0.3) is 5.56 Å². The number of aromatic nitrogens is 2. The zero-order valence-electron chi connectivity index (χ0n) is 15.0. The van der Waals surface area contributed by atoms with Crippen LogP contribution < -0.4 is 5.56 Å². The Morgan fingerprint density at radius 3 is 2.74 bits per heavy atom. The van der Waals surface area contributed by atoms with E-state index in [4.69, 9.17) is 16.6 Å². The maximum Gasteiger partial charge on any atom is 0.255 e. The molecule has 0 bridgehead atoms. The monoisotopic (exact) mass is 397 g/mol. The summed E-state index contributed by atoms with van der Waals surface area (Å²) in [5.41, 5.74) is 3.80. The number of nitrogens with one attached hydrogen (secondary N) is 1. The molecule has 0 saturated carbocycles. The third-order valence-corrected chi connectivity index (χ3v) is 5.94. The average molecular weight is 398 g/mol. The lowest BCUT2D eigenvalue weighted by Crippen LogP contribution is -2.35. The molecule has 0 saturated heterocycles. The molecular weight excluding hydrogens is 378 g/mol. The fourth-order valence-corrected chi connectivity index (χ4v) is 4.17. The van der Waals surface area contributed by atoms with Crippen molar-refractivity contribution in [3.8, 4) is 11.4 Å². The minimum absolute atomic E-state index is 0.0483. The van der Waals surface area contributed by atoms with E-state index in [-0.39, 0.29) is 5.56 Å². The van der Waals surface area contributed by atoms with Gasteiger partial charge in [-0.05, 0) is 42.2 Å². The first kappa shape index (κ1) is 18.3. The van der Waals surface area contributed by atoms with E-state index in [0.717, 1.165) is 36.3 Å². The van der Waals surface area contributed by atoms with Gasteiger partial charge in [0.2, 0.25) is 0 Å². The highest BCUT2D eigenvalue weighted by atomic mass is 35.5. The summed E-state index contributed by atoms with van der Waals surface area (Å²) in [6.45, 7) is 2.36. The largest absolute Gasteiger partial charge is 0.306 e. The fraction of sp³-hybridized carbons (Fsp3) is 0.238. The number of rotatable bonds is 4. The summed E-state index contributed by atoms with van der Waals surface area (Å²) in [6.07, 6.45) is 2.87. The van der Waals surface area contributed by atoms with Crippen LogP contribution in [-0.4, -0.2) is 27.7 Å². The van der Waals surface area contributed by atoms with Crippen molar-refractivity contribution in [3.63, 3.8) is 0 Å². The quantitative estimate of drug-likeness (QED) is 0.664. The molecule has 27 heavy (non-hydrogen) atoms. The van der Waals surface area contributed by atoms with Gasteiger partial charge in [0.15, 0.2) is 0 Å². The second kappa shape index (κ2) is 7.89. The van der Waals surface area contributed by atoms with E-state index in [0.29, 0.717) is 17.4 Å². The van der Waals surface area contributed by atoms with Gasteiger partial charge in [0.1, 0.15) is 5.82 Å².